The molecule has 0 saturated carbocycles. The van der Waals surface area contributed by atoms with Crippen LogP contribution in [0.1, 0.15) is 13.8 Å². The molecule has 3 heteroatoms. The van der Waals surface area contributed by atoms with E-state index >= 15 is 0 Å². The zero-order chi connectivity index (χ0) is 6.41. The molecule has 2 nitrogen and oxygen atoms in total. The summed E-state index contributed by atoms with van der Waals surface area (Å²) in [6.45, 7) is 6.34. The predicted octanol–water partition coefficient (Wildman–Crippen LogP) is 0.364. The molecule has 0 aromatic heterocycles. The molecule has 1 unspecified atom stereocenters. The van der Waals surface area contributed by atoms with Gasteiger partial charge in [0.1, 0.15) is 0 Å². The van der Waals surface area contributed by atoms with E-state index in [1.54, 1.807) is 0 Å². The molecule has 0 saturated heterocycles. The van der Waals surface area contributed by atoms with E-state index in [-0.39, 0.29) is 0 Å². The Morgan fingerprint density at radius 1 is 1.38 bits per heavy atom. The van der Waals surface area contributed by atoms with E-state index in [2.05, 4.69) is 33.6 Å². The van der Waals surface area contributed by atoms with Crippen molar-refractivity contribution in [2.75, 3.05) is 13.1 Å². The van der Waals surface area contributed by atoms with Crippen LogP contribution < -0.4 is 10.4 Å². The van der Waals surface area contributed by atoms with Gasteiger partial charge < -0.3 is 5.32 Å². The third kappa shape index (κ3) is 6.35. The van der Waals surface area contributed by atoms with Gasteiger partial charge in [0, 0.05) is 19.1 Å². The summed E-state index contributed by atoms with van der Waals surface area (Å²) < 4.78 is 0. The Morgan fingerprint density at radius 3 is 2.38 bits per heavy atom. The molecule has 0 aromatic carbocycles. The van der Waals surface area contributed by atoms with Gasteiger partial charge in [-0.2, -0.15) is 0 Å². The molecular weight excluding hydrogens is 119 g/mol. The monoisotopic (exact) mass is 134 g/mol. The molecule has 0 aliphatic carbocycles. The topological polar surface area (TPSA) is 24.1 Å². The van der Waals surface area contributed by atoms with Gasteiger partial charge in [-0.05, 0) is 0 Å². The van der Waals surface area contributed by atoms with Gasteiger partial charge in [0.05, 0.1) is 0 Å². The summed E-state index contributed by atoms with van der Waals surface area (Å²) in [6.07, 6.45) is 0. The summed E-state index contributed by atoms with van der Waals surface area (Å²) in [4.78, 5) is 0. The molecule has 0 heterocycles. The second-order valence-corrected chi connectivity index (χ2v) is 2.47. The minimum atomic E-state index is 0.605. The normalized spacial score (nSPS) is 10.5. The first-order valence-electron chi connectivity index (χ1n) is 2.94. The highest BCUT2D eigenvalue weighted by atomic mass is 31.0. The van der Waals surface area contributed by atoms with Crippen molar-refractivity contribution in [1.29, 1.82) is 0 Å². The Morgan fingerprint density at radius 2 is 2.00 bits per heavy atom. The van der Waals surface area contributed by atoms with Crippen LogP contribution in [-0.2, 0) is 0 Å². The minimum absolute atomic E-state index is 0.605. The van der Waals surface area contributed by atoms with E-state index in [9.17, 15) is 0 Å². The van der Waals surface area contributed by atoms with E-state index in [1.165, 1.54) is 0 Å². The van der Waals surface area contributed by atoms with Crippen molar-refractivity contribution < 1.29 is 0 Å². The number of hydrogen-bond acceptors (Lipinski definition) is 2. The van der Waals surface area contributed by atoms with E-state index in [1.807, 2.05) is 0 Å². The second kappa shape index (κ2) is 5.49. The van der Waals surface area contributed by atoms with Crippen LogP contribution in [0.25, 0.3) is 0 Å². The third-order valence-corrected chi connectivity index (χ3v) is 1.11. The maximum absolute atomic E-state index is 3.27. The standard InChI is InChI=1S/C5H15N2P/c1-5(2)6-3-4-7-8/h5-7H,3-4,8H2,1-2H3. The fraction of sp³-hybridized carbons (Fsp3) is 1.00. The zero-order valence-corrected chi connectivity index (χ0v) is 6.72. The molecule has 0 amide bonds. The van der Waals surface area contributed by atoms with Crippen molar-refractivity contribution in [3.8, 4) is 0 Å². The van der Waals surface area contributed by atoms with Gasteiger partial charge in [0.15, 0.2) is 0 Å². The quantitative estimate of drug-likeness (QED) is 0.428. The molecular formula is C5H15N2P. The molecule has 0 radical (unpaired) electrons. The Kier molecular flexibility index (Phi) is 5.73. The fourth-order valence-corrected chi connectivity index (χ4v) is 0.577. The van der Waals surface area contributed by atoms with E-state index < -0.39 is 0 Å². The van der Waals surface area contributed by atoms with Crippen molar-refractivity contribution in [3.63, 3.8) is 0 Å². The second-order valence-electron chi connectivity index (χ2n) is 2.06. The van der Waals surface area contributed by atoms with Crippen LogP contribution in [0.4, 0.5) is 0 Å². The molecule has 50 valence electrons. The first kappa shape index (κ1) is 8.35. The minimum Gasteiger partial charge on any atom is -0.313 e. The molecule has 2 N–H and O–H groups in total. The number of hydrogen-bond donors (Lipinski definition) is 2. The smallest absolute Gasteiger partial charge is 0.0111 e. The SMILES string of the molecule is CC(C)NCCNP. The molecule has 0 aliphatic rings. The molecule has 1 atom stereocenters. The summed E-state index contributed by atoms with van der Waals surface area (Å²) in [6, 6.07) is 0.605. The van der Waals surface area contributed by atoms with E-state index in [0.717, 1.165) is 13.1 Å². The predicted molar refractivity (Wildman–Crippen MR) is 40.9 cm³/mol. The van der Waals surface area contributed by atoms with Crippen molar-refractivity contribution in [2.45, 2.75) is 19.9 Å². The van der Waals surface area contributed by atoms with Gasteiger partial charge in [-0.1, -0.05) is 23.2 Å². The van der Waals surface area contributed by atoms with Crippen LogP contribution in [0, 0.1) is 0 Å². The van der Waals surface area contributed by atoms with E-state index in [4.69, 9.17) is 0 Å². The maximum Gasteiger partial charge on any atom is 0.0111 e. The lowest BCUT2D eigenvalue weighted by molar-refractivity contribution is 0.589. The first-order valence-corrected chi connectivity index (χ1v) is 3.52. The maximum atomic E-state index is 3.27. The lowest BCUT2D eigenvalue weighted by Crippen LogP contribution is -2.28. The lowest BCUT2D eigenvalue weighted by atomic mass is 10.4. The molecule has 0 spiro atoms. The summed E-state index contributed by atoms with van der Waals surface area (Å²) in [5, 5.41) is 6.25. The molecule has 0 aromatic rings. The van der Waals surface area contributed by atoms with Gasteiger partial charge in [-0.25, -0.2) is 0 Å². The molecule has 0 bridgehead atoms. The van der Waals surface area contributed by atoms with Crippen molar-refractivity contribution in [1.82, 2.24) is 10.4 Å². The Hall–Kier alpha value is 0.350. The molecule has 0 aliphatic heterocycles. The average Bonchev–Trinajstić information content (AvgIpc) is 1.66. The summed E-state index contributed by atoms with van der Waals surface area (Å²) in [5.74, 6) is 0. The van der Waals surface area contributed by atoms with Crippen LogP contribution in [0.15, 0.2) is 0 Å². The van der Waals surface area contributed by atoms with Crippen LogP contribution in [0.2, 0.25) is 0 Å². The van der Waals surface area contributed by atoms with Gasteiger partial charge >= 0.3 is 0 Å². The van der Waals surface area contributed by atoms with Crippen molar-refractivity contribution in [3.05, 3.63) is 0 Å². The van der Waals surface area contributed by atoms with Gasteiger partial charge in [-0.3, -0.25) is 5.09 Å². The molecule has 0 rings (SSSR count). The van der Waals surface area contributed by atoms with Crippen LogP contribution in [-0.4, -0.2) is 19.1 Å². The van der Waals surface area contributed by atoms with Crippen molar-refractivity contribution >= 4 is 9.39 Å². The van der Waals surface area contributed by atoms with E-state index in [0.29, 0.717) is 6.04 Å². The highest BCUT2D eigenvalue weighted by molar-refractivity contribution is 7.13. The lowest BCUT2D eigenvalue weighted by Gasteiger charge is -2.05. The van der Waals surface area contributed by atoms with Gasteiger partial charge in [-0.15, -0.1) is 0 Å². The van der Waals surface area contributed by atoms with Crippen LogP contribution in [0.5, 0.6) is 0 Å². The number of rotatable bonds is 4. The van der Waals surface area contributed by atoms with Gasteiger partial charge in [0.2, 0.25) is 0 Å². The van der Waals surface area contributed by atoms with Crippen LogP contribution >= 0.6 is 9.39 Å². The molecule has 0 fully saturated rings. The largest absolute Gasteiger partial charge is 0.313 e. The number of nitrogens with one attached hydrogen (secondary N) is 2. The Labute approximate surface area is 53.7 Å². The van der Waals surface area contributed by atoms with Gasteiger partial charge in [0.25, 0.3) is 0 Å². The highest BCUT2D eigenvalue weighted by Crippen LogP contribution is 1.73. The summed E-state index contributed by atoms with van der Waals surface area (Å²) in [5.41, 5.74) is 0. The Balaban J connectivity index is 2.72. The summed E-state index contributed by atoms with van der Waals surface area (Å²) in [7, 11) is 2.47. The summed E-state index contributed by atoms with van der Waals surface area (Å²) >= 11 is 0. The first-order chi connectivity index (χ1) is 3.77. The highest BCUT2D eigenvalue weighted by Gasteiger charge is 1.87. The van der Waals surface area contributed by atoms with Crippen LogP contribution in [0.3, 0.4) is 0 Å². The third-order valence-electron chi connectivity index (χ3n) is 0.822. The Bertz CT molecular complexity index is 47.7. The molecule has 8 heavy (non-hydrogen) atoms. The average molecular weight is 134 g/mol. The fourth-order valence-electron chi connectivity index (χ4n) is 0.433. The van der Waals surface area contributed by atoms with Crippen molar-refractivity contribution in [2.24, 2.45) is 0 Å². The zero-order valence-electron chi connectivity index (χ0n) is 5.57.